The molecule has 1 fully saturated rings. The average Bonchev–Trinajstić information content (AvgIpc) is 2.94. The Kier molecular flexibility index (Phi) is 4.49. The number of benzene rings is 1. The van der Waals surface area contributed by atoms with E-state index in [-0.39, 0.29) is 17.9 Å². The minimum absolute atomic E-state index is 0.117. The summed E-state index contributed by atoms with van der Waals surface area (Å²) in [5.41, 5.74) is 6.54. The van der Waals surface area contributed by atoms with Crippen LogP contribution in [0, 0.1) is 5.41 Å². The first kappa shape index (κ1) is 14.7. The topological polar surface area (TPSA) is 84.6 Å². The summed E-state index contributed by atoms with van der Waals surface area (Å²) in [5, 5.41) is 12.5. The summed E-state index contributed by atoms with van der Waals surface area (Å²) in [5.74, 6) is 0.272. The summed E-state index contributed by atoms with van der Waals surface area (Å²) in [6.45, 7) is 0.613. The highest BCUT2D eigenvalue weighted by Crippen LogP contribution is 2.37. The molecular weight excluding hydrogens is 256 g/mol. The number of hydrogen-bond donors (Lipinski definition) is 3. The molecule has 1 saturated carbocycles. The molecule has 1 aliphatic rings. The maximum atomic E-state index is 12.2. The van der Waals surface area contributed by atoms with Crippen LogP contribution >= 0.6 is 0 Å². The first-order valence-corrected chi connectivity index (χ1v) is 6.93. The van der Waals surface area contributed by atoms with Crippen molar-refractivity contribution < 1.29 is 14.6 Å². The van der Waals surface area contributed by atoms with Crippen molar-refractivity contribution in [2.75, 3.05) is 26.0 Å². The van der Waals surface area contributed by atoms with Crippen molar-refractivity contribution in [1.82, 2.24) is 5.32 Å². The summed E-state index contributed by atoms with van der Waals surface area (Å²) in [6.07, 6.45) is 4.15. The summed E-state index contributed by atoms with van der Waals surface area (Å²) >= 11 is 0. The number of hydrogen-bond acceptors (Lipinski definition) is 4. The van der Waals surface area contributed by atoms with Gasteiger partial charge in [0.25, 0.3) is 5.91 Å². The number of nitrogen functional groups attached to an aromatic ring is 1. The molecule has 1 aromatic carbocycles. The molecule has 1 amide bonds. The van der Waals surface area contributed by atoms with E-state index < -0.39 is 0 Å². The molecule has 4 N–H and O–H groups in total. The van der Waals surface area contributed by atoms with Gasteiger partial charge in [-0.25, -0.2) is 0 Å². The number of carbonyl (C=O) groups is 1. The Morgan fingerprint density at radius 1 is 1.45 bits per heavy atom. The molecule has 0 bridgehead atoms. The fourth-order valence-electron chi connectivity index (χ4n) is 2.77. The molecule has 0 radical (unpaired) electrons. The lowest BCUT2D eigenvalue weighted by atomic mass is 9.87. The van der Waals surface area contributed by atoms with E-state index in [1.807, 2.05) is 0 Å². The smallest absolute Gasteiger partial charge is 0.255 e. The second kappa shape index (κ2) is 6.13. The maximum Gasteiger partial charge on any atom is 0.255 e. The predicted octanol–water partition coefficient (Wildman–Crippen LogP) is 1.56. The summed E-state index contributed by atoms with van der Waals surface area (Å²) < 4.78 is 5.18. The molecular formula is C15H22N2O3. The molecule has 1 aliphatic carbocycles. The van der Waals surface area contributed by atoms with E-state index in [9.17, 15) is 9.90 Å². The Hall–Kier alpha value is -1.75. The molecule has 0 heterocycles. The van der Waals surface area contributed by atoms with Gasteiger partial charge < -0.3 is 20.9 Å². The monoisotopic (exact) mass is 278 g/mol. The highest BCUT2D eigenvalue weighted by molar-refractivity contribution is 5.97. The van der Waals surface area contributed by atoms with Gasteiger partial charge in [-0.2, -0.15) is 0 Å². The Morgan fingerprint density at radius 3 is 2.75 bits per heavy atom. The number of anilines is 1. The van der Waals surface area contributed by atoms with Crippen LogP contribution in [-0.2, 0) is 0 Å². The highest BCUT2D eigenvalue weighted by Gasteiger charge is 2.33. The molecule has 1 aromatic rings. The van der Waals surface area contributed by atoms with Gasteiger partial charge in [-0.15, -0.1) is 0 Å². The van der Waals surface area contributed by atoms with Crippen LogP contribution in [0.2, 0.25) is 0 Å². The molecule has 20 heavy (non-hydrogen) atoms. The predicted molar refractivity (Wildman–Crippen MR) is 77.7 cm³/mol. The van der Waals surface area contributed by atoms with Crippen LogP contribution in [0.5, 0.6) is 5.75 Å². The van der Waals surface area contributed by atoms with E-state index in [0.29, 0.717) is 23.5 Å². The van der Waals surface area contributed by atoms with Crippen molar-refractivity contribution in [2.24, 2.45) is 5.41 Å². The van der Waals surface area contributed by atoms with Crippen molar-refractivity contribution in [3.05, 3.63) is 23.8 Å². The number of aliphatic hydroxyl groups is 1. The van der Waals surface area contributed by atoms with Crippen molar-refractivity contribution in [2.45, 2.75) is 25.7 Å². The quantitative estimate of drug-likeness (QED) is 0.714. The second-order valence-electron chi connectivity index (χ2n) is 5.51. The van der Waals surface area contributed by atoms with Crippen molar-refractivity contribution in [1.29, 1.82) is 0 Å². The number of nitrogens with two attached hydrogens (primary N) is 1. The third-order valence-corrected chi connectivity index (χ3v) is 4.09. The largest absolute Gasteiger partial charge is 0.496 e. The number of amides is 1. The van der Waals surface area contributed by atoms with Crippen molar-refractivity contribution >= 4 is 11.6 Å². The third-order valence-electron chi connectivity index (χ3n) is 4.09. The van der Waals surface area contributed by atoms with E-state index in [4.69, 9.17) is 10.5 Å². The zero-order valence-electron chi connectivity index (χ0n) is 11.8. The molecule has 0 aliphatic heterocycles. The molecule has 0 atom stereocenters. The van der Waals surface area contributed by atoms with Gasteiger partial charge in [-0.3, -0.25) is 4.79 Å². The van der Waals surface area contributed by atoms with E-state index in [1.165, 1.54) is 7.11 Å². The molecule has 110 valence electrons. The second-order valence-corrected chi connectivity index (χ2v) is 5.51. The van der Waals surface area contributed by atoms with E-state index in [2.05, 4.69) is 5.32 Å². The zero-order valence-corrected chi connectivity index (χ0v) is 11.8. The number of aliphatic hydroxyl groups excluding tert-OH is 1. The first-order valence-electron chi connectivity index (χ1n) is 6.93. The Balaban J connectivity index is 2.05. The minimum atomic E-state index is -0.193. The fourth-order valence-corrected chi connectivity index (χ4v) is 2.77. The Morgan fingerprint density at radius 2 is 2.15 bits per heavy atom. The molecule has 5 heteroatoms. The van der Waals surface area contributed by atoms with Crippen LogP contribution in [0.4, 0.5) is 5.69 Å². The summed E-state index contributed by atoms with van der Waals surface area (Å²) in [6, 6.07) is 4.96. The van der Waals surface area contributed by atoms with Crippen LogP contribution < -0.4 is 15.8 Å². The van der Waals surface area contributed by atoms with Crippen LogP contribution in [0.3, 0.4) is 0 Å². The Bertz CT molecular complexity index is 482. The van der Waals surface area contributed by atoms with Crippen LogP contribution in [-0.4, -0.2) is 31.3 Å². The van der Waals surface area contributed by atoms with Crippen LogP contribution in [0.1, 0.15) is 36.0 Å². The van der Waals surface area contributed by atoms with E-state index >= 15 is 0 Å². The highest BCUT2D eigenvalue weighted by atomic mass is 16.5. The molecule has 0 spiro atoms. The fraction of sp³-hybridized carbons (Fsp3) is 0.533. The SMILES string of the molecule is COc1cc(N)ccc1C(=O)NCC1(CO)CCCC1. The number of methoxy groups -OCH3 is 1. The Labute approximate surface area is 119 Å². The van der Waals surface area contributed by atoms with E-state index in [0.717, 1.165) is 25.7 Å². The zero-order chi connectivity index (χ0) is 14.6. The van der Waals surface area contributed by atoms with Gasteiger partial charge in [0.1, 0.15) is 5.75 Å². The van der Waals surface area contributed by atoms with Gasteiger partial charge >= 0.3 is 0 Å². The number of nitrogens with one attached hydrogen (secondary N) is 1. The third kappa shape index (κ3) is 3.04. The van der Waals surface area contributed by atoms with Gasteiger partial charge in [0, 0.05) is 23.7 Å². The first-order chi connectivity index (χ1) is 9.60. The van der Waals surface area contributed by atoms with Gasteiger partial charge in [0.05, 0.1) is 19.3 Å². The molecule has 0 saturated heterocycles. The average molecular weight is 278 g/mol. The lowest BCUT2D eigenvalue weighted by Crippen LogP contribution is -2.38. The van der Waals surface area contributed by atoms with E-state index in [1.54, 1.807) is 18.2 Å². The van der Waals surface area contributed by atoms with Crippen LogP contribution in [0.15, 0.2) is 18.2 Å². The standard InChI is InChI=1S/C15H22N2O3/c1-20-13-8-11(16)4-5-12(13)14(19)17-9-15(10-18)6-2-3-7-15/h4-5,8,18H,2-3,6-7,9-10,16H2,1H3,(H,17,19). The summed E-state index contributed by atoms with van der Waals surface area (Å²) in [7, 11) is 1.51. The van der Waals surface area contributed by atoms with Gasteiger partial charge in [0.15, 0.2) is 0 Å². The number of ether oxygens (including phenoxy) is 1. The molecule has 0 aromatic heterocycles. The van der Waals surface area contributed by atoms with Gasteiger partial charge in [-0.1, -0.05) is 12.8 Å². The van der Waals surface area contributed by atoms with Crippen molar-refractivity contribution in [3.63, 3.8) is 0 Å². The lowest BCUT2D eigenvalue weighted by Gasteiger charge is -2.26. The molecule has 5 nitrogen and oxygen atoms in total. The number of rotatable bonds is 5. The normalized spacial score (nSPS) is 16.9. The van der Waals surface area contributed by atoms with Crippen LogP contribution in [0.25, 0.3) is 0 Å². The maximum absolute atomic E-state index is 12.2. The van der Waals surface area contributed by atoms with Gasteiger partial charge in [0.2, 0.25) is 0 Å². The molecule has 0 unspecified atom stereocenters. The van der Waals surface area contributed by atoms with Crippen molar-refractivity contribution in [3.8, 4) is 5.75 Å². The molecule has 2 rings (SSSR count). The van der Waals surface area contributed by atoms with Gasteiger partial charge in [-0.05, 0) is 25.0 Å². The summed E-state index contributed by atoms with van der Waals surface area (Å²) in [4.78, 5) is 12.2. The number of carbonyl (C=O) groups excluding carboxylic acids is 1. The lowest BCUT2D eigenvalue weighted by molar-refractivity contribution is 0.0878. The minimum Gasteiger partial charge on any atom is -0.496 e.